The Morgan fingerprint density at radius 3 is 2.73 bits per heavy atom. The van der Waals surface area contributed by atoms with Gasteiger partial charge in [-0.05, 0) is 48.6 Å². The van der Waals surface area contributed by atoms with E-state index in [1.54, 1.807) is 6.07 Å². The summed E-state index contributed by atoms with van der Waals surface area (Å²) in [6.07, 6.45) is 1.02. The van der Waals surface area contributed by atoms with Gasteiger partial charge in [-0.25, -0.2) is 0 Å². The van der Waals surface area contributed by atoms with Gasteiger partial charge >= 0.3 is 0 Å². The van der Waals surface area contributed by atoms with E-state index < -0.39 is 0 Å². The second kappa shape index (κ2) is 6.41. The van der Waals surface area contributed by atoms with Gasteiger partial charge in [-0.2, -0.15) is 0 Å². The molecule has 1 atom stereocenters. The van der Waals surface area contributed by atoms with Crippen LogP contribution in [0.3, 0.4) is 0 Å². The molecule has 0 bridgehead atoms. The van der Waals surface area contributed by atoms with Crippen LogP contribution in [0.4, 0.5) is 11.4 Å². The van der Waals surface area contributed by atoms with Crippen molar-refractivity contribution in [3.8, 4) is 0 Å². The lowest BCUT2D eigenvalue weighted by atomic mass is 9.93. The van der Waals surface area contributed by atoms with Crippen LogP contribution < -0.4 is 10.6 Å². The van der Waals surface area contributed by atoms with Gasteiger partial charge in [0.05, 0.1) is 0 Å². The molecule has 22 heavy (non-hydrogen) atoms. The highest BCUT2D eigenvalue weighted by molar-refractivity contribution is 6.08. The Hall–Kier alpha value is -2.00. The van der Waals surface area contributed by atoms with E-state index in [-0.39, 0.29) is 18.3 Å². The molecule has 0 fully saturated rings. The molecule has 0 radical (unpaired) electrons. The highest BCUT2D eigenvalue weighted by Gasteiger charge is 2.27. The number of hydrogen-bond acceptors (Lipinski definition) is 2. The smallest absolute Gasteiger partial charge is 0.258 e. The van der Waals surface area contributed by atoms with Crippen molar-refractivity contribution >= 4 is 29.7 Å². The van der Waals surface area contributed by atoms with E-state index in [0.29, 0.717) is 17.2 Å². The highest BCUT2D eigenvalue weighted by atomic mass is 35.5. The fourth-order valence-corrected chi connectivity index (χ4v) is 3.00. The number of nitrogens with zero attached hydrogens (tertiary/aromatic N) is 1. The summed E-state index contributed by atoms with van der Waals surface area (Å²) in [4.78, 5) is 14.8. The summed E-state index contributed by atoms with van der Waals surface area (Å²) < 4.78 is 0. The minimum atomic E-state index is 0. The molecule has 1 aliphatic heterocycles. The zero-order valence-corrected chi connectivity index (χ0v) is 13.7. The van der Waals surface area contributed by atoms with E-state index in [4.69, 9.17) is 5.73 Å². The third-order valence-electron chi connectivity index (χ3n) is 4.08. The molecule has 2 aromatic carbocycles. The van der Waals surface area contributed by atoms with Gasteiger partial charge in [-0.15, -0.1) is 12.4 Å². The molecule has 2 N–H and O–H groups in total. The van der Waals surface area contributed by atoms with Crippen LogP contribution in [-0.4, -0.2) is 12.5 Å². The Morgan fingerprint density at radius 1 is 1.23 bits per heavy atom. The van der Waals surface area contributed by atoms with Crippen molar-refractivity contribution in [3.05, 3.63) is 59.2 Å². The van der Waals surface area contributed by atoms with E-state index in [9.17, 15) is 4.79 Å². The number of rotatable bonds is 1. The number of benzene rings is 2. The van der Waals surface area contributed by atoms with Gasteiger partial charge in [0.15, 0.2) is 0 Å². The number of nitrogens with two attached hydrogens (primary N) is 1. The second-order valence-corrected chi connectivity index (χ2v) is 5.93. The SMILES string of the molecule is Cc1ccc(N)cc1C(=O)N1CC(C)Cc2ccccc21.Cl. The lowest BCUT2D eigenvalue weighted by Gasteiger charge is -2.33. The minimum absolute atomic E-state index is 0. The van der Waals surface area contributed by atoms with Crippen LogP contribution in [0.25, 0.3) is 0 Å². The van der Waals surface area contributed by atoms with E-state index in [2.05, 4.69) is 13.0 Å². The first-order valence-electron chi connectivity index (χ1n) is 7.32. The fraction of sp³-hybridized carbons (Fsp3) is 0.278. The maximum absolute atomic E-state index is 13.0. The number of para-hydroxylation sites is 1. The van der Waals surface area contributed by atoms with Gasteiger partial charge in [-0.3, -0.25) is 4.79 Å². The molecule has 0 aliphatic carbocycles. The summed E-state index contributed by atoms with van der Waals surface area (Å²) in [5.74, 6) is 0.504. The van der Waals surface area contributed by atoms with Crippen molar-refractivity contribution in [3.63, 3.8) is 0 Å². The lowest BCUT2D eigenvalue weighted by Crippen LogP contribution is -2.39. The number of aryl methyl sites for hydroxylation is 1. The molecule has 0 saturated heterocycles. The second-order valence-electron chi connectivity index (χ2n) is 5.93. The number of amides is 1. The first-order chi connectivity index (χ1) is 10.1. The average Bonchev–Trinajstić information content (AvgIpc) is 2.48. The summed E-state index contributed by atoms with van der Waals surface area (Å²) in [5.41, 5.74) is 10.4. The van der Waals surface area contributed by atoms with Crippen LogP contribution in [0.1, 0.15) is 28.4 Å². The van der Waals surface area contributed by atoms with Gasteiger partial charge in [0.2, 0.25) is 0 Å². The minimum Gasteiger partial charge on any atom is -0.399 e. The fourth-order valence-electron chi connectivity index (χ4n) is 3.00. The Bertz CT molecular complexity index is 699. The number of carbonyl (C=O) groups excluding carboxylic acids is 1. The molecule has 1 unspecified atom stereocenters. The van der Waals surface area contributed by atoms with Crippen LogP contribution in [-0.2, 0) is 6.42 Å². The van der Waals surface area contributed by atoms with Gasteiger partial charge in [0.1, 0.15) is 0 Å². The summed E-state index contributed by atoms with van der Waals surface area (Å²) in [6.45, 7) is 4.89. The highest BCUT2D eigenvalue weighted by Crippen LogP contribution is 2.31. The Labute approximate surface area is 137 Å². The van der Waals surface area contributed by atoms with Gasteiger partial charge in [0, 0.05) is 23.5 Å². The van der Waals surface area contributed by atoms with Crippen LogP contribution in [0.15, 0.2) is 42.5 Å². The van der Waals surface area contributed by atoms with Crippen molar-refractivity contribution in [2.24, 2.45) is 5.92 Å². The Morgan fingerprint density at radius 2 is 1.95 bits per heavy atom. The standard InChI is InChI=1S/C18H20N2O.ClH/c1-12-9-14-5-3-4-6-17(14)20(11-12)18(21)16-10-15(19)8-7-13(16)2;/h3-8,10,12H,9,11,19H2,1-2H3;1H. The maximum Gasteiger partial charge on any atom is 0.258 e. The molecule has 1 aliphatic rings. The molecule has 3 nitrogen and oxygen atoms in total. The van der Waals surface area contributed by atoms with Crippen molar-refractivity contribution in [2.75, 3.05) is 17.2 Å². The van der Waals surface area contributed by atoms with E-state index >= 15 is 0 Å². The molecule has 4 heteroatoms. The quantitative estimate of drug-likeness (QED) is 0.813. The Balaban J connectivity index is 0.00000176. The normalized spacial score (nSPS) is 16.6. The number of halogens is 1. The van der Waals surface area contributed by atoms with E-state index in [1.165, 1.54) is 5.56 Å². The number of carbonyl (C=O) groups is 1. The predicted octanol–water partition coefficient (Wildman–Crippen LogP) is 3.84. The van der Waals surface area contributed by atoms with E-state index in [1.807, 2.05) is 42.2 Å². The molecule has 3 rings (SSSR count). The first kappa shape index (κ1) is 16.4. The van der Waals surface area contributed by atoms with Crippen molar-refractivity contribution < 1.29 is 4.79 Å². The number of anilines is 2. The monoisotopic (exact) mass is 316 g/mol. The molecule has 0 spiro atoms. The third kappa shape index (κ3) is 2.95. The summed E-state index contributed by atoms with van der Waals surface area (Å²) in [6, 6.07) is 13.7. The van der Waals surface area contributed by atoms with Crippen LogP contribution >= 0.6 is 12.4 Å². The molecular formula is C18H21ClN2O. The number of hydrogen-bond donors (Lipinski definition) is 1. The Kier molecular flexibility index (Phi) is 4.77. The molecule has 1 heterocycles. The van der Waals surface area contributed by atoms with Gasteiger partial charge in [-0.1, -0.05) is 31.2 Å². The molecular weight excluding hydrogens is 296 g/mol. The van der Waals surface area contributed by atoms with Crippen LogP contribution in [0, 0.1) is 12.8 Å². The molecule has 1 amide bonds. The molecule has 116 valence electrons. The van der Waals surface area contributed by atoms with E-state index in [0.717, 1.165) is 24.2 Å². The lowest BCUT2D eigenvalue weighted by molar-refractivity contribution is 0.0980. The van der Waals surface area contributed by atoms with Gasteiger partial charge in [0.25, 0.3) is 5.91 Å². The van der Waals surface area contributed by atoms with Crippen molar-refractivity contribution in [2.45, 2.75) is 20.3 Å². The molecule has 2 aromatic rings. The summed E-state index contributed by atoms with van der Waals surface area (Å²) >= 11 is 0. The van der Waals surface area contributed by atoms with Crippen molar-refractivity contribution in [1.82, 2.24) is 0 Å². The summed E-state index contributed by atoms with van der Waals surface area (Å²) in [7, 11) is 0. The van der Waals surface area contributed by atoms with Crippen LogP contribution in [0.2, 0.25) is 0 Å². The first-order valence-corrected chi connectivity index (χ1v) is 7.32. The van der Waals surface area contributed by atoms with Crippen molar-refractivity contribution in [1.29, 1.82) is 0 Å². The largest absolute Gasteiger partial charge is 0.399 e. The van der Waals surface area contributed by atoms with Gasteiger partial charge < -0.3 is 10.6 Å². The predicted molar refractivity (Wildman–Crippen MR) is 93.8 cm³/mol. The van der Waals surface area contributed by atoms with Crippen LogP contribution in [0.5, 0.6) is 0 Å². The average molecular weight is 317 g/mol. The topological polar surface area (TPSA) is 46.3 Å². The zero-order valence-electron chi connectivity index (χ0n) is 12.9. The maximum atomic E-state index is 13.0. The molecule has 0 aromatic heterocycles. The number of fused-ring (bicyclic) bond motifs is 1. The zero-order chi connectivity index (χ0) is 15.0. The molecule has 0 saturated carbocycles. The summed E-state index contributed by atoms with van der Waals surface area (Å²) in [5, 5.41) is 0. The number of nitrogen functional groups attached to an aromatic ring is 1. The third-order valence-corrected chi connectivity index (χ3v) is 4.08.